The Balaban J connectivity index is 4.55. The second kappa shape index (κ2) is 35.5. The Labute approximate surface area is 334 Å². The molecule has 314 valence electrons. The number of nitrogens with zero attached hydrogens (tertiary/aromatic N) is 1. The van der Waals surface area contributed by atoms with Gasteiger partial charge in [-0.05, 0) is 76.7 Å². The summed E-state index contributed by atoms with van der Waals surface area (Å²) in [6.45, 7) is 4.02. The third-order valence-electron chi connectivity index (χ3n) is 8.20. The van der Waals surface area contributed by atoms with E-state index in [1.807, 2.05) is 33.3 Å². The highest BCUT2D eigenvalue weighted by Crippen LogP contribution is 2.43. The molecule has 0 amide bonds. The van der Waals surface area contributed by atoms with Gasteiger partial charge >= 0.3 is 19.8 Å². The van der Waals surface area contributed by atoms with E-state index in [2.05, 4.69) is 68.5 Å². The Morgan fingerprint density at radius 1 is 0.636 bits per heavy atom. The maximum atomic E-state index is 12.6. The molecule has 0 aliphatic rings. The maximum Gasteiger partial charge on any atom is 0.472 e. The molecule has 0 bridgehead atoms. The highest BCUT2D eigenvalue weighted by atomic mass is 31.2. The number of phosphoric ester groups is 1. The second-order valence-electron chi connectivity index (χ2n) is 14.7. The summed E-state index contributed by atoms with van der Waals surface area (Å²) in [5.74, 6) is -0.743. The van der Waals surface area contributed by atoms with Crippen LogP contribution in [0.3, 0.4) is 0 Å². The zero-order valence-electron chi connectivity index (χ0n) is 34.9. The Morgan fingerprint density at radius 3 is 1.87 bits per heavy atom. The van der Waals surface area contributed by atoms with Gasteiger partial charge in [0.05, 0.1) is 27.7 Å². The summed E-state index contributed by atoms with van der Waals surface area (Å²) in [6.07, 6.45) is 39.4. The first-order chi connectivity index (χ1) is 26.4. The zero-order valence-corrected chi connectivity index (χ0v) is 35.8. The van der Waals surface area contributed by atoms with E-state index in [-0.39, 0.29) is 31.8 Å². The van der Waals surface area contributed by atoms with Crippen LogP contribution < -0.4 is 0 Å². The Morgan fingerprint density at radius 2 is 1.20 bits per heavy atom. The fourth-order valence-electron chi connectivity index (χ4n) is 4.92. The van der Waals surface area contributed by atoms with Gasteiger partial charge in [-0.15, -0.1) is 0 Å². The van der Waals surface area contributed by atoms with Crippen LogP contribution in [0.25, 0.3) is 0 Å². The maximum absolute atomic E-state index is 12.6. The van der Waals surface area contributed by atoms with Crippen molar-refractivity contribution < 1.29 is 46.8 Å². The van der Waals surface area contributed by atoms with Gasteiger partial charge in [0.15, 0.2) is 11.9 Å². The van der Waals surface area contributed by atoms with E-state index in [1.165, 1.54) is 0 Å². The van der Waals surface area contributed by atoms with Crippen LogP contribution in [0.5, 0.6) is 0 Å². The lowest BCUT2D eigenvalue weighted by Crippen LogP contribution is -2.37. The monoisotopic (exact) mass is 793 g/mol. The van der Waals surface area contributed by atoms with Gasteiger partial charge < -0.3 is 18.9 Å². The predicted molar refractivity (Wildman–Crippen MR) is 224 cm³/mol. The van der Waals surface area contributed by atoms with Crippen LogP contribution in [0, 0.1) is 0 Å². The molecule has 0 spiro atoms. The van der Waals surface area contributed by atoms with E-state index in [0.717, 1.165) is 89.9 Å². The van der Waals surface area contributed by atoms with E-state index >= 15 is 0 Å². The molecule has 0 fully saturated rings. The van der Waals surface area contributed by atoms with Crippen molar-refractivity contribution in [2.75, 3.05) is 47.5 Å². The van der Waals surface area contributed by atoms with Crippen molar-refractivity contribution >= 4 is 25.5 Å². The highest BCUT2D eigenvalue weighted by molar-refractivity contribution is 7.47. The summed E-state index contributed by atoms with van der Waals surface area (Å²) in [6, 6.07) is 0. The van der Waals surface area contributed by atoms with Crippen LogP contribution in [0.15, 0.2) is 72.9 Å². The third kappa shape index (κ3) is 39.2. The molecular weight excluding hydrogens is 717 g/mol. The molecule has 55 heavy (non-hydrogen) atoms. The first-order valence-corrected chi connectivity index (χ1v) is 22.1. The number of carbonyl (C=O) groups is 3. The molecule has 0 rings (SSSR count). The van der Waals surface area contributed by atoms with Crippen LogP contribution in [-0.4, -0.2) is 80.7 Å². The van der Waals surface area contributed by atoms with Gasteiger partial charge in [0, 0.05) is 19.3 Å². The fourth-order valence-corrected chi connectivity index (χ4v) is 5.67. The molecule has 1 unspecified atom stereocenters. The van der Waals surface area contributed by atoms with Crippen molar-refractivity contribution in [1.82, 2.24) is 0 Å². The topological polar surface area (TPSA) is 125 Å². The van der Waals surface area contributed by atoms with Gasteiger partial charge in [-0.2, -0.15) is 0 Å². The fraction of sp³-hybridized carbons (Fsp3) is 0.659. The minimum absolute atomic E-state index is 0.00542. The van der Waals surface area contributed by atoms with Crippen LogP contribution in [0.4, 0.5) is 0 Å². The number of rotatable bonds is 36. The number of hydrogen-bond acceptors (Lipinski definition) is 8. The number of hydrogen-bond donors (Lipinski definition) is 1. The molecule has 10 nitrogen and oxygen atoms in total. The number of phosphoric acid groups is 1. The Kier molecular flexibility index (Phi) is 33.7. The molecule has 1 N–H and O–H groups in total. The quantitative estimate of drug-likeness (QED) is 0.0125. The van der Waals surface area contributed by atoms with Crippen molar-refractivity contribution in [1.29, 1.82) is 0 Å². The number of esters is 2. The van der Waals surface area contributed by atoms with E-state index < -0.39 is 32.5 Å². The third-order valence-corrected chi connectivity index (χ3v) is 9.18. The van der Waals surface area contributed by atoms with Crippen LogP contribution in [-0.2, 0) is 37.5 Å². The van der Waals surface area contributed by atoms with Crippen molar-refractivity contribution in [3.8, 4) is 0 Å². The van der Waals surface area contributed by atoms with Crippen molar-refractivity contribution in [3.05, 3.63) is 72.9 Å². The van der Waals surface area contributed by atoms with Gasteiger partial charge in [0.25, 0.3) is 0 Å². The normalized spacial score (nSPS) is 14.3. The summed E-state index contributed by atoms with van der Waals surface area (Å²) in [5.41, 5.74) is 0. The van der Waals surface area contributed by atoms with Crippen LogP contribution in [0.2, 0.25) is 0 Å². The average molecular weight is 793 g/mol. The minimum atomic E-state index is -4.41. The SMILES string of the molecule is CC/C=C\C/C=C\C/C=C\C/C=C\CCCCC(=O)O[C@H](COC(=O)CCCCCCC/C=C\C=C\C(=O)CCCCC)COP(=O)(O)OCC[N+](C)(C)C. The number of unbranched alkanes of at least 4 members (excludes halogenated alkanes) is 9. The summed E-state index contributed by atoms with van der Waals surface area (Å²) < 4.78 is 34.1. The van der Waals surface area contributed by atoms with Crippen molar-refractivity contribution in [2.45, 2.75) is 142 Å². The van der Waals surface area contributed by atoms with Gasteiger partial charge in [-0.1, -0.05) is 113 Å². The van der Waals surface area contributed by atoms with Crippen molar-refractivity contribution in [2.24, 2.45) is 0 Å². The molecule has 0 aromatic heterocycles. The first kappa shape index (κ1) is 52.1. The molecule has 0 radical (unpaired) electrons. The highest BCUT2D eigenvalue weighted by Gasteiger charge is 2.27. The number of carbonyl (C=O) groups excluding carboxylic acids is 3. The number of ether oxygens (including phenoxy) is 2. The summed E-state index contributed by atoms with van der Waals surface area (Å²) in [7, 11) is 1.38. The first-order valence-electron chi connectivity index (χ1n) is 20.6. The summed E-state index contributed by atoms with van der Waals surface area (Å²) in [5, 5.41) is 0. The number of quaternary nitrogens is 1. The molecule has 0 aliphatic heterocycles. The largest absolute Gasteiger partial charge is 0.472 e. The molecule has 11 heteroatoms. The number of ketones is 1. The van der Waals surface area contributed by atoms with Gasteiger partial charge in [0.1, 0.15) is 19.8 Å². The average Bonchev–Trinajstić information content (AvgIpc) is 3.12. The molecule has 2 atom stereocenters. The number of likely N-dealkylation sites (N-methyl/N-ethyl adjacent to an activating group) is 1. The summed E-state index contributed by atoms with van der Waals surface area (Å²) in [4.78, 5) is 47.0. The molecule has 0 aliphatic carbocycles. The minimum Gasteiger partial charge on any atom is -0.462 e. The molecular formula is C44H75NO9P+. The molecule has 0 aromatic carbocycles. The lowest BCUT2D eigenvalue weighted by atomic mass is 10.1. The van der Waals surface area contributed by atoms with Gasteiger partial charge in [-0.3, -0.25) is 23.4 Å². The lowest BCUT2D eigenvalue weighted by molar-refractivity contribution is -0.870. The molecule has 0 saturated heterocycles. The Bertz CT molecular complexity index is 1230. The molecule has 0 heterocycles. The smallest absolute Gasteiger partial charge is 0.462 e. The van der Waals surface area contributed by atoms with Crippen molar-refractivity contribution in [3.63, 3.8) is 0 Å². The van der Waals surface area contributed by atoms with E-state index in [0.29, 0.717) is 30.3 Å². The molecule has 0 saturated carbocycles. The van der Waals surface area contributed by atoms with E-state index in [9.17, 15) is 23.8 Å². The van der Waals surface area contributed by atoms with E-state index in [1.54, 1.807) is 6.08 Å². The van der Waals surface area contributed by atoms with Crippen LogP contribution >= 0.6 is 7.82 Å². The predicted octanol–water partition coefficient (Wildman–Crippen LogP) is 10.6. The second-order valence-corrected chi connectivity index (χ2v) is 16.1. The number of allylic oxidation sites excluding steroid dienone is 12. The Hall–Kier alpha value is -2.88. The van der Waals surface area contributed by atoms with Gasteiger partial charge in [0.2, 0.25) is 0 Å². The lowest BCUT2D eigenvalue weighted by Gasteiger charge is -2.24. The molecule has 0 aromatic rings. The van der Waals surface area contributed by atoms with Gasteiger partial charge in [-0.25, -0.2) is 4.57 Å². The van der Waals surface area contributed by atoms with Crippen LogP contribution in [0.1, 0.15) is 136 Å². The zero-order chi connectivity index (χ0) is 40.9. The standard InChI is InChI=1S/C44H74NO9P/c1-6-8-10-11-12-13-14-15-16-17-18-21-25-28-32-36-44(48)54-42(40-53-55(49,50)52-38-37-45(3,4)5)39-51-43(47)35-31-27-24-22-19-20-23-26-30-34-41(46)33-29-9-7-2/h8,10,12-13,15-16,18,21,23,26,30,34,42H,6-7,9,11,14,17,19-20,22,24-25,27-29,31-33,35-40H2,1-5H3/p+1/b10-8-,13-12-,16-15-,21-18-,26-23-,34-30+/t42-/m1/s1. The summed E-state index contributed by atoms with van der Waals surface area (Å²) >= 11 is 0. The van der Waals surface area contributed by atoms with E-state index in [4.69, 9.17) is 18.5 Å².